The maximum absolute atomic E-state index is 10.9. The standard InChI is InChI=1S/C9H15NO2S2/c1-9(2)13-6-4-5(8(11)12)10(3)7(6)14-9/h5-7H,4H2,1-3H3,(H,11,12). The fraction of sp³-hybridized carbons (Fsp3) is 0.889. The minimum absolute atomic E-state index is 0.243. The van der Waals surface area contributed by atoms with Crippen LogP contribution in [0.15, 0.2) is 0 Å². The third kappa shape index (κ3) is 1.66. The maximum atomic E-state index is 10.9. The van der Waals surface area contributed by atoms with Crippen molar-refractivity contribution in [1.29, 1.82) is 0 Å². The molecule has 3 atom stereocenters. The van der Waals surface area contributed by atoms with Gasteiger partial charge in [-0.3, -0.25) is 9.69 Å². The Morgan fingerprint density at radius 3 is 2.64 bits per heavy atom. The summed E-state index contributed by atoms with van der Waals surface area (Å²) in [4.78, 5) is 13.0. The first-order valence-corrected chi connectivity index (χ1v) is 6.47. The number of rotatable bonds is 1. The van der Waals surface area contributed by atoms with Gasteiger partial charge in [-0.25, -0.2) is 0 Å². The summed E-state index contributed by atoms with van der Waals surface area (Å²) in [6.07, 6.45) is 0.789. The maximum Gasteiger partial charge on any atom is 0.320 e. The number of likely N-dealkylation sites (tertiary alicyclic amines) is 1. The van der Waals surface area contributed by atoms with Crippen molar-refractivity contribution >= 4 is 29.5 Å². The topological polar surface area (TPSA) is 40.5 Å². The first-order chi connectivity index (χ1) is 6.41. The van der Waals surface area contributed by atoms with Gasteiger partial charge in [0.15, 0.2) is 0 Å². The van der Waals surface area contributed by atoms with E-state index < -0.39 is 5.97 Å². The molecule has 0 spiro atoms. The Kier molecular flexibility index (Phi) is 2.52. The van der Waals surface area contributed by atoms with E-state index in [2.05, 4.69) is 13.8 Å². The van der Waals surface area contributed by atoms with Crippen molar-refractivity contribution in [3.05, 3.63) is 0 Å². The Bertz CT molecular complexity index is 270. The Morgan fingerprint density at radius 1 is 1.50 bits per heavy atom. The van der Waals surface area contributed by atoms with E-state index in [1.807, 2.05) is 35.5 Å². The third-order valence-electron chi connectivity index (χ3n) is 2.79. The van der Waals surface area contributed by atoms with Crippen molar-refractivity contribution < 1.29 is 9.90 Å². The number of hydrogen-bond acceptors (Lipinski definition) is 4. The van der Waals surface area contributed by atoms with Gasteiger partial charge in [0, 0.05) is 5.25 Å². The van der Waals surface area contributed by atoms with Gasteiger partial charge in [0.05, 0.1) is 9.45 Å². The van der Waals surface area contributed by atoms with E-state index in [0.717, 1.165) is 6.42 Å². The number of carbonyl (C=O) groups is 1. The van der Waals surface area contributed by atoms with E-state index in [1.54, 1.807) is 0 Å². The second-order valence-corrected chi connectivity index (χ2v) is 8.18. The summed E-state index contributed by atoms with van der Waals surface area (Å²) in [5.41, 5.74) is 0. The van der Waals surface area contributed by atoms with Crippen LogP contribution in [0.25, 0.3) is 0 Å². The molecule has 2 fully saturated rings. The van der Waals surface area contributed by atoms with Crippen LogP contribution in [0.5, 0.6) is 0 Å². The SMILES string of the molecule is CN1C(C(=O)O)CC2SC(C)(C)SC21. The Hall–Kier alpha value is 0.130. The zero-order valence-corrected chi connectivity index (χ0v) is 10.2. The number of hydrogen-bond donors (Lipinski definition) is 1. The van der Waals surface area contributed by atoms with E-state index in [4.69, 9.17) is 5.11 Å². The molecule has 2 aliphatic rings. The molecule has 2 rings (SSSR count). The lowest BCUT2D eigenvalue weighted by atomic mass is 10.2. The molecule has 0 saturated carbocycles. The number of fused-ring (bicyclic) bond motifs is 1. The van der Waals surface area contributed by atoms with Crippen LogP contribution >= 0.6 is 23.5 Å². The Morgan fingerprint density at radius 2 is 2.14 bits per heavy atom. The molecule has 0 aromatic rings. The summed E-state index contributed by atoms with van der Waals surface area (Å²) < 4.78 is 0.243. The van der Waals surface area contributed by atoms with E-state index in [1.165, 1.54) is 0 Å². The lowest BCUT2D eigenvalue weighted by Crippen LogP contribution is -2.36. The molecule has 2 heterocycles. The summed E-state index contributed by atoms with van der Waals surface area (Å²) in [6, 6.07) is -0.277. The predicted molar refractivity (Wildman–Crippen MR) is 60.6 cm³/mol. The van der Waals surface area contributed by atoms with Crippen molar-refractivity contribution in [2.45, 2.75) is 41.0 Å². The Labute approximate surface area is 92.6 Å². The minimum atomic E-state index is -0.680. The average Bonchev–Trinajstić information content (AvgIpc) is 2.46. The van der Waals surface area contributed by atoms with Crippen LogP contribution in [-0.4, -0.2) is 43.8 Å². The highest BCUT2D eigenvalue weighted by molar-refractivity contribution is 8.22. The van der Waals surface area contributed by atoms with Crippen molar-refractivity contribution in [3.8, 4) is 0 Å². The zero-order chi connectivity index (χ0) is 10.5. The van der Waals surface area contributed by atoms with Gasteiger partial charge in [-0.1, -0.05) is 0 Å². The molecule has 14 heavy (non-hydrogen) atoms. The highest BCUT2D eigenvalue weighted by Gasteiger charge is 2.51. The van der Waals surface area contributed by atoms with Crippen LogP contribution in [-0.2, 0) is 4.79 Å². The lowest BCUT2D eigenvalue weighted by molar-refractivity contribution is -0.141. The minimum Gasteiger partial charge on any atom is -0.480 e. The molecule has 0 amide bonds. The highest BCUT2D eigenvalue weighted by Crippen LogP contribution is 2.57. The van der Waals surface area contributed by atoms with Gasteiger partial charge >= 0.3 is 5.97 Å². The van der Waals surface area contributed by atoms with Crippen LogP contribution in [0.2, 0.25) is 0 Å². The summed E-state index contributed by atoms with van der Waals surface area (Å²) in [7, 11) is 1.93. The zero-order valence-electron chi connectivity index (χ0n) is 8.56. The van der Waals surface area contributed by atoms with E-state index in [9.17, 15) is 4.79 Å². The molecular weight excluding hydrogens is 218 g/mol. The molecule has 0 aromatic carbocycles. The first-order valence-electron chi connectivity index (χ1n) is 4.71. The molecule has 2 aliphatic heterocycles. The fourth-order valence-electron chi connectivity index (χ4n) is 2.17. The smallest absolute Gasteiger partial charge is 0.320 e. The number of likely N-dealkylation sites (N-methyl/N-ethyl adjacent to an activating group) is 1. The number of carboxylic acids is 1. The molecule has 0 aliphatic carbocycles. The second kappa shape index (κ2) is 3.32. The second-order valence-electron chi connectivity index (χ2n) is 4.32. The van der Waals surface area contributed by atoms with Crippen LogP contribution in [0, 0.1) is 0 Å². The molecular formula is C9H15NO2S2. The number of aliphatic carboxylic acids is 1. The third-order valence-corrected chi connectivity index (χ3v) is 6.33. The molecule has 80 valence electrons. The van der Waals surface area contributed by atoms with Crippen molar-refractivity contribution in [3.63, 3.8) is 0 Å². The normalized spacial score (nSPS) is 41.2. The molecule has 0 bridgehead atoms. The lowest BCUT2D eigenvalue weighted by Gasteiger charge is -2.24. The van der Waals surface area contributed by atoms with Crippen LogP contribution < -0.4 is 0 Å². The van der Waals surface area contributed by atoms with Gasteiger partial charge in [-0.2, -0.15) is 0 Å². The van der Waals surface area contributed by atoms with E-state index in [0.29, 0.717) is 10.6 Å². The fourth-order valence-corrected chi connectivity index (χ4v) is 5.86. The van der Waals surface area contributed by atoms with E-state index in [-0.39, 0.29) is 10.1 Å². The molecule has 2 saturated heterocycles. The predicted octanol–water partition coefficient (Wildman–Crippen LogP) is 1.69. The summed E-state index contributed by atoms with van der Waals surface area (Å²) in [5, 5.41) is 9.88. The van der Waals surface area contributed by atoms with E-state index >= 15 is 0 Å². The monoisotopic (exact) mass is 233 g/mol. The molecule has 5 heteroatoms. The number of thioether (sulfide) groups is 2. The van der Waals surface area contributed by atoms with Crippen LogP contribution in [0.4, 0.5) is 0 Å². The number of carboxylic acid groups (broad SMARTS) is 1. The summed E-state index contributed by atoms with van der Waals surface area (Å²) >= 11 is 3.81. The largest absolute Gasteiger partial charge is 0.480 e. The molecule has 0 aromatic heterocycles. The molecule has 3 nitrogen and oxygen atoms in total. The summed E-state index contributed by atoms with van der Waals surface area (Å²) in [5.74, 6) is -0.680. The average molecular weight is 233 g/mol. The molecule has 3 unspecified atom stereocenters. The van der Waals surface area contributed by atoms with Crippen molar-refractivity contribution in [1.82, 2.24) is 4.90 Å². The van der Waals surface area contributed by atoms with Crippen molar-refractivity contribution in [2.24, 2.45) is 0 Å². The first kappa shape index (κ1) is 10.6. The van der Waals surface area contributed by atoms with Gasteiger partial charge in [0.2, 0.25) is 0 Å². The summed E-state index contributed by atoms with van der Waals surface area (Å²) in [6.45, 7) is 4.43. The van der Waals surface area contributed by atoms with Gasteiger partial charge in [0.1, 0.15) is 6.04 Å². The molecule has 1 N–H and O–H groups in total. The van der Waals surface area contributed by atoms with Crippen LogP contribution in [0.3, 0.4) is 0 Å². The molecule has 0 radical (unpaired) electrons. The van der Waals surface area contributed by atoms with Crippen molar-refractivity contribution in [2.75, 3.05) is 7.05 Å². The van der Waals surface area contributed by atoms with Gasteiger partial charge in [0.25, 0.3) is 0 Å². The Balaban J connectivity index is 2.11. The highest BCUT2D eigenvalue weighted by atomic mass is 32.2. The van der Waals surface area contributed by atoms with Gasteiger partial charge < -0.3 is 5.11 Å². The van der Waals surface area contributed by atoms with Crippen LogP contribution in [0.1, 0.15) is 20.3 Å². The quantitative estimate of drug-likeness (QED) is 0.746. The van der Waals surface area contributed by atoms with Gasteiger partial charge in [-0.15, -0.1) is 23.5 Å². The number of nitrogens with zero attached hydrogens (tertiary/aromatic N) is 1. The van der Waals surface area contributed by atoms with Gasteiger partial charge in [-0.05, 0) is 27.3 Å².